The van der Waals surface area contributed by atoms with Crippen LogP contribution in [-0.2, 0) is 29.0 Å². The summed E-state index contributed by atoms with van der Waals surface area (Å²) in [6.07, 6.45) is 1.46. The largest absolute Gasteiger partial charge is 0.487 e. The number of halogens is 1. The van der Waals surface area contributed by atoms with Crippen molar-refractivity contribution in [1.29, 1.82) is 0 Å². The number of hydrogen-bond donors (Lipinski definition) is 0. The zero-order valence-corrected chi connectivity index (χ0v) is 22.6. The standard InChI is InChI=1S/C32H28ClNO5/c1-3-10-23-22-13-8-9-14-24(22)30(39-19-20-11-6-5-7-12-20)29-28(23)31(36)34(32(29)37)26-16-15-21(17-25(26)33)18-27(35)38-4-2/h5-9,11-17H,3-4,10,18-19H2,1-2H3. The average Bonchev–Trinajstić information content (AvgIpc) is 3.19. The van der Waals surface area contributed by atoms with Crippen LogP contribution in [0, 0.1) is 0 Å². The molecular formula is C32H28ClNO5. The topological polar surface area (TPSA) is 72.9 Å². The summed E-state index contributed by atoms with van der Waals surface area (Å²) in [4.78, 5) is 41.1. The van der Waals surface area contributed by atoms with Gasteiger partial charge in [0, 0.05) is 5.39 Å². The number of hydrogen-bond acceptors (Lipinski definition) is 5. The van der Waals surface area contributed by atoms with Gasteiger partial charge in [0.25, 0.3) is 11.8 Å². The van der Waals surface area contributed by atoms with Crippen LogP contribution < -0.4 is 9.64 Å². The Morgan fingerprint density at radius 2 is 1.54 bits per heavy atom. The van der Waals surface area contributed by atoms with Crippen molar-refractivity contribution in [3.63, 3.8) is 0 Å². The van der Waals surface area contributed by atoms with Crippen LogP contribution in [0.2, 0.25) is 5.02 Å². The number of aryl methyl sites for hydroxylation is 1. The molecule has 1 aliphatic heterocycles. The van der Waals surface area contributed by atoms with Gasteiger partial charge in [-0.2, -0.15) is 0 Å². The van der Waals surface area contributed by atoms with E-state index in [1.54, 1.807) is 25.1 Å². The molecule has 4 aromatic rings. The number of esters is 1. The average molecular weight is 542 g/mol. The molecule has 0 N–H and O–H groups in total. The van der Waals surface area contributed by atoms with Crippen molar-refractivity contribution in [2.75, 3.05) is 11.5 Å². The van der Waals surface area contributed by atoms with E-state index in [1.807, 2.05) is 61.5 Å². The van der Waals surface area contributed by atoms with Gasteiger partial charge in [-0.1, -0.05) is 85.6 Å². The predicted octanol–water partition coefficient (Wildman–Crippen LogP) is 6.93. The normalized spacial score (nSPS) is 12.6. The molecule has 0 spiro atoms. The van der Waals surface area contributed by atoms with Gasteiger partial charge in [-0.3, -0.25) is 14.4 Å². The fourth-order valence-corrected chi connectivity index (χ4v) is 5.35. The van der Waals surface area contributed by atoms with Gasteiger partial charge in [0.1, 0.15) is 12.4 Å². The Labute approximate surface area is 232 Å². The Morgan fingerprint density at radius 3 is 2.23 bits per heavy atom. The summed E-state index contributed by atoms with van der Waals surface area (Å²) in [5.41, 5.74) is 3.27. The Balaban J connectivity index is 1.62. The number of nitrogens with zero attached hydrogens (tertiary/aromatic N) is 1. The van der Waals surface area contributed by atoms with Crippen molar-refractivity contribution in [3.8, 4) is 5.75 Å². The van der Waals surface area contributed by atoms with Gasteiger partial charge in [0.2, 0.25) is 0 Å². The Kier molecular flexibility index (Phi) is 7.66. The quantitative estimate of drug-likeness (QED) is 0.170. The lowest BCUT2D eigenvalue weighted by Crippen LogP contribution is -2.30. The zero-order valence-electron chi connectivity index (χ0n) is 21.8. The number of anilines is 1. The van der Waals surface area contributed by atoms with Gasteiger partial charge in [-0.05, 0) is 47.6 Å². The van der Waals surface area contributed by atoms with Gasteiger partial charge >= 0.3 is 5.97 Å². The highest BCUT2D eigenvalue weighted by Crippen LogP contribution is 2.44. The molecule has 0 saturated carbocycles. The lowest BCUT2D eigenvalue weighted by molar-refractivity contribution is -0.142. The molecule has 1 heterocycles. The molecule has 5 rings (SSSR count). The molecule has 7 heteroatoms. The van der Waals surface area contributed by atoms with E-state index in [1.165, 1.54) is 0 Å². The lowest BCUT2D eigenvalue weighted by Gasteiger charge is -2.17. The Morgan fingerprint density at radius 1 is 0.846 bits per heavy atom. The van der Waals surface area contributed by atoms with E-state index in [0.717, 1.165) is 33.2 Å². The molecule has 1 aliphatic rings. The number of ether oxygens (including phenoxy) is 2. The molecule has 0 bridgehead atoms. The van der Waals surface area contributed by atoms with Crippen molar-refractivity contribution >= 4 is 45.8 Å². The summed E-state index contributed by atoms with van der Waals surface area (Å²) in [7, 11) is 0. The summed E-state index contributed by atoms with van der Waals surface area (Å²) in [6, 6.07) is 22.3. The molecule has 0 unspecified atom stereocenters. The minimum atomic E-state index is -0.485. The maximum atomic E-state index is 14.0. The van der Waals surface area contributed by atoms with Crippen LogP contribution >= 0.6 is 11.6 Å². The monoisotopic (exact) mass is 541 g/mol. The minimum absolute atomic E-state index is 0.0411. The number of amides is 2. The van der Waals surface area contributed by atoms with Gasteiger partial charge in [-0.25, -0.2) is 4.90 Å². The highest BCUT2D eigenvalue weighted by Gasteiger charge is 2.43. The number of benzene rings is 4. The smallest absolute Gasteiger partial charge is 0.310 e. The number of imide groups is 1. The van der Waals surface area contributed by atoms with Crippen LogP contribution in [0.3, 0.4) is 0 Å². The van der Waals surface area contributed by atoms with Crippen molar-refractivity contribution in [1.82, 2.24) is 0 Å². The summed E-state index contributed by atoms with van der Waals surface area (Å²) in [6.45, 7) is 4.31. The number of rotatable bonds is 9. The van der Waals surface area contributed by atoms with Gasteiger partial charge in [0.15, 0.2) is 0 Å². The first-order valence-electron chi connectivity index (χ1n) is 13.0. The fourth-order valence-electron chi connectivity index (χ4n) is 5.06. The molecule has 6 nitrogen and oxygen atoms in total. The third kappa shape index (κ3) is 5.00. The molecule has 198 valence electrons. The highest BCUT2D eigenvalue weighted by molar-refractivity contribution is 6.41. The van der Waals surface area contributed by atoms with Gasteiger partial charge < -0.3 is 9.47 Å². The maximum absolute atomic E-state index is 14.0. The van der Waals surface area contributed by atoms with E-state index in [0.29, 0.717) is 23.3 Å². The second-order valence-corrected chi connectivity index (χ2v) is 9.75. The highest BCUT2D eigenvalue weighted by atomic mass is 35.5. The number of carbonyl (C=O) groups excluding carboxylic acids is 3. The van der Waals surface area contributed by atoms with Crippen molar-refractivity contribution in [3.05, 3.63) is 106 Å². The van der Waals surface area contributed by atoms with E-state index in [2.05, 4.69) is 0 Å². The van der Waals surface area contributed by atoms with Gasteiger partial charge in [0.05, 0.1) is 34.9 Å². The second kappa shape index (κ2) is 11.3. The molecule has 39 heavy (non-hydrogen) atoms. The summed E-state index contributed by atoms with van der Waals surface area (Å²) < 4.78 is 11.3. The van der Waals surface area contributed by atoms with Crippen molar-refractivity contribution in [2.24, 2.45) is 0 Å². The van der Waals surface area contributed by atoms with Crippen LogP contribution in [0.5, 0.6) is 5.75 Å². The summed E-state index contributed by atoms with van der Waals surface area (Å²) in [5, 5.41) is 1.87. The van der Waals surface area contributed by atoms with Crippen LogP contribution in [0.4, 0.5) is 5.69 Å². The first-order chi connectivity index (χ1) is 18.9. The lowest BCUT2D eigenvalue weighted by atomic mass is 9.91. The van der Waals surface area contributed by atoms with E-state index in [-0.39, 0.29) is 41.9 Å². The molecule has 0 atom stereocenters. The zero-order chi connectivity index (χ0) is 27.5. The summed E-state index contributed by atoms with van der Waals surface area (Å²) in [5.74, 6) is -0.909. The Hall–Kier alpha value is -4.16. The van der Waals surface area contributed by atoms with E-state index in [9.17, 15) is 14.4 Å². The van der Waals surface area contributed by atoms with Crippen LogP contribution in [0.25, 0.3) is 10.8 Å². The summed E-state index contributed by atoms with van der Waals surface area (Å²) >= 11 is 6.60. The molecule has 0 radical (unpaired) electrons. The maximum Gasteiger partial charge on any atom is 0.310 e. The Bertz CT molecular complexity index is 1580. The second-order valence-electron chi connectivity index (χ2n) is 9.34. The SMILES string of the molecule is CCCc1c2c(c(OCc3ccccc3)c3ccccc13)C(=O)N(c1ccc(CC(=O)OCC)cc1Cl)C2=O. The molecule has 0 saturated heterocycles. The minimum Gasteiger partial charge on any atom is -0.487 e. The van der Waals surface area contributed by atoms with Crippen LogP contribution in [-0.4, -0.2) is 24.4 Å². The first-order valence-corrected chi connectivity index (χ1v) is 13.4. The predicted molar refractivity (Wildman–Crippen MR) is 152 cm³/mol. The third-order valence-corrected chi connectivity index (χ3v) is 7.05. The van der Waals surface area contributed by atoms with Crippen molar-refractivity contribution in [2.45, 2.75) is 39.7 Å². The number of fused-ring (bicyclic) bond motifs is 2. The first kappa shape index (κ1) is 26.4. The molecule has 4 aromatic carbocycles. The molecular weight excluding hydrogens is 514 g/mol. The third-order valence-electron chi connectivity index (χ3n) is 6.74. The van der Waals surface area contributed by atoms with Crippen LogP contribution in [0.15, 0.2) is 72.8 Å². The van der Waals surface area contributed by atoms with Crippen molar-refractivity contribution < 1.29 is 23.9 Å². The molecule has 0 fully saturated rings. The molecule has 0 aliphatic carbocycles. The molecule has 2 amide bonds. The van der Waals surface area contributed by atoms with E-state index in [4.69, 9.17) is 21.1 Å². The number of carbonyl (C=O) groups is 3. The molecule has 0 aromatic heterocycles. The van der Waals surface area contributed by atoms with Gasteiger partial charge in [-0.15, -0.1) is 0 Å². The van der Waals surface area contributed by atoms with E-state index < -0.39 is 11.8 Å². The fraction of sp³-hybridized carbons (Fsp3) is 0.219. The van der Waals surface area contributed by atoms with Crippen LogP contribution in [0.1, 0.15) is 57.7 Å². The van der Waals surface area contributed by atoms with E-state index >= 15 is 0 Å².